The molecule has 1 aliphatic rings. The maximum absolute atomic E-state index is 13.8. The van der Waals surface area contributed by atoms with Crippen LogP contribution in [0, 0.1) is 11.3 Å². The van der Waals surface area contributed by atoms with Crippen molar-refractivity contribution in [2.75, 3.05) is 0 Å². The van der Waals surface area contributed by atoms with E-state index in [9.17, 15) is 20.0 Å². The van der Waals surface area contributed by atoms with Gasteiger partial charge in [0.15, 0.2) is 0 Å². The molecule has 5 nitrogen and oxygen atoms in total. The highest BCUT2D eigenvalue weighted by molar-refractivity contribution is 6.31. The Balaban J connectivity index is 1.81. The summed E-state index contributed by atoms with van der Waals surface area (Å²) in [7, 11) is 0. The Hall–Kier alpha value is -3.62. The molecule has 0 aromatic heterocycles. The number of carboxylic acid groups (broad SMARTS) is 1. The van der Waals surface area contributed by atoms with E-state index in [4.69, 9.17) is 11.6 Å². The number of carbonyl (C=O) groups is 2. The zero-order valence-electron chi connectivity index (χ0n) is 16.5. The number of hydrogen-bond donors (Lipinski definition) is 1. The Morgan fingerprint density at radius 2 is 1.74 bits per heavy atom. The van der Waals surface area contributed by atoms with Crippen molar-refractivity contribution in [3.05, 3.63) is 94.5 Å². The third-order valence-electron chi connectivity index (χ3n) is 5.63. The van der Waals surface area contributed by atoms with Gasteiger partial charge in [0.05, 0.1) is 17.7 Å². The number of nitrogens with zero attached hydrogens (tertiary/aromatic N) is 2. The molecule has 0 saturated carbocycles. The van der Waals surface area contributed by atoms with Gasteiger partial charge in [-0.1, -0.05) is 60.1 Å². The lowest BCUT2D eigenvalue weighted by atomic mass is 9.96. The topological polar surface area (TPSA) is 81.4 Å². The molecule has 1 amide bonds. The molecule has 4 rings (SSSR count). The number of likely N-dealkylation sites (tertiary alicyclic amines) is 1. The summed E-state index contributed by atoms with van der Waals surface area (Å²) in [4.78, 5) is 27.2. The number of halogens is 1. The van der Waals surface area contributed by atoms with Crippen molar-refractivity contribution in [1.82, 2.24) is 4.90 Å². The average Bonchev–Trinajstić information content (AvgIpc) is 3.24. The molecular formula is C25H19ClN2O3. The van der Waals surface area contributed by atoms with Crippen LogP contribution in [-0.4, -0.2) is 27.9 Å². The van der Waals surface area contributed by atoms with Gasteiger partial charge < -0.3 is 10.0 Å². The summed E-state index contributed by atoms with van der Waals surface area (Å²) in [6.45, 7) is 0. The molecule has 2 atom stereocenters. The van der Waals surface area contributed by atoms with Crippen molar-refractivity contribution < 1.29 is 14.7 Å². The predicted octanol–water partition coefficient (Wildman–Crippen LogP) is 5.31. The van der Waals surface area contributed by atoms with Crippen molar-refractivity contribution in [2.24, 2.45) is 0 Å². The summed E-state index contributed by atoms with van der Waals surface area (Å²) in [5, 5.41) is 19.6. The second-order valence-corrected chi connectivity index (χ2v) is 7.83. The largest absolute Gasteiger partial charge is 0.480 e. The maximum atomic E-state index is 13.8. The molecule has 3 aromatic carbocycles. The monoisotopic (exact) mass is 430 g/mol. The van der Waals surface area contributed by atoms with Crippen LogP contribution >= 0.6 is 11.6 Å². The van der Waals surface area contributed by atoms with E-state index >= 15 is 0 Å². The molecule has 154 valence electrons. The number of carboxylic acids is 1. The molecule has 1 N–H and O–H groups in total. The fraction of sp³-hybridized carbons (Fsp3) is 0.160. The van der Waals surface area contributed by atoms with Gasteiger partial charge in [-0.05, 0) is 53.8 Å². The number of nitriles is 1. The van der Waals surface area contributed by atoms with Crippen LogP contribution in [0.25, 0.3) is 11.1 Å². The number of hydrogen-bond acceptors (Lipinski definition) is 3. The van der Waals surface area contributed by atoms with Crippen molar-refractivity contribution in [2.45, 2.75) is 24.9 Å². The van der Waals surface area contributed by atoms with Gasteiger partial charge in [0.25, 0.3) is 5.91 Å². The third kappa shape index (κ3) is 3.90. The van der Waals surface area contributed by atoms with Gasteiger partial charge in [0.1, 0.15) is 6.04 Å². The van der Waals surface area contributed by atoms with E-state index in [1.165, 1.54) is 4.90 Å². The van der Waals surface area contributed by atoms with Crippen molar-refractivity contribution in [1.29, 1.82) is 5.26 Å². The molecule has 0 aliphatic carbocycles. The highest BCUT2D eigenvalue weighted by atomic mass is 35.5. The molecule has 31 heavy (non-hydrogen) atoms. The Kier molecular flexibility index (Phi) is 5.75. The zero-order chi connectivity index (χ0) is 22.0. The number of carbonyl (C=O) groups excluding carboxylic acids is 1. The minimum atomic E-state index is -1.04. The van der Waals surface area contributed by atoms with Crippen molar-refractivity contribution in [3.8, 4) is 17.2 Å². The molecule has 0 bridgehead atoms. The van der Waals surface area contributed by atoms with E-state index < -0.39 is 18.1 Å². The molecule has 0 unspecified atom stereocenters. The number of benzene rings is 3. The fourth-order valence-electron chi connectivity index (χ4n) is 4.20. The number of rotatable bonds is 4. The molecule has 0 spiro atoms. The molecule has 1 heterocycles. The quantitative estimate of drug-likeness (QED) is 0.608. The molecule has 3 aromatic rings. The Labute approximate surface area is 185 Å². The van der Waals surface area contributed by atoms with E-state index in [0.717, 1.165) is 11.1 Å². The molecule has 0 radical (unpaired) electrons. The third-order valence-corrected chi connectivity index (χ3v) is 5.97. The van der Waals surface area contributed by atoms with Crippen molar-refractivity contribution in [3.63, 3.8) is 0 Å². The van der Waals surface area contributed by atoms with E-state index in [1.807, 2.05) is 24.3 Å². The molecular weight excluding hydrogens is 412 g/mol. The van der Waals surface area contributed by atoms with Crippen LogP contribution in [0.2, 0.25) is 5.02 Å². The van der Waals surface area contributed by atoms with Crippen LogP contribution in [0.1, 0.15) is 40.4 Å². The first-order valence-corrected chi connectivity index (χ1v) is 10.3. The van der Waals surface area contributed by atoms with Gasteiger partial charge in [-0.2, -0.15) is 5.26 Å². The minimum absolute atomic E-state index is 0.350. The van der Waals surface area contributed by atoms with E-state index in [1.54, 1.807) is 48.5 Å². The lowest BCUT2D eigenvalue weighted by Gasteiger charge is -2.30. The molecule has 6 heteroatoms. The predicted molar refractivity (Wildman–Crippen MR) is 118 cm³/mol. The van der Waals surface area contributed by atoms with Crippen LogP contribution < -0.4 is 0 Å². The molecule has 1 saturated heterocycles. The van der Waals surface area contributed by atoms with Gasteiger partial charge >= 0.3 is 5.97 Å². The SMILES string of the molecule is N#Cc1cccc(-c2ccccc2C(=O)N2[C@@H](c3ccccc3Cl)CC[C@H]2C(=O)O)c1. The van der Waals surface area contributed by atoms with Gasteiger partial charge in [-0.3, -0.25) is 4.79 Å². The highest BCUT2D eigenvalue weighted by Gasteiger charge is 2.43. The lowest BCUT2D eigenvalue weighted by Crippen LogP contribution is -2.42. The van der Waals surface area contributed by atoms with E-state index in [0.29, 0.717) is 34.6 Å². The Bertz CT molecular complexity index is 1200. The van der Waals surface area contributed by atoms with Gasteiger partial charge in [-0.15, -0.1) is 0 Å². The first-order valence-electron chi connectivity index (χ1n) is 9.90. The maximum Gasteiger partial charge on any atom is 0.326 e. The zero-order valence-corrected chi connectivity index (χ0v) is 17.3. The fourth-order valence-corrected chi connectivity index (χ4v) is 4.47. The van der Waals surface area contributed by atoms with Gasteiger partial charge in [0.2, 0.25) is 0 Å². The summed E-state index contributed by atoms with van der Waals surface area (Å²) in [6, 6.07) is 22.0. The summed E-state index contributed by atoms with van der Waals surface area (Å²) in [5.41, 5.74) is 2.99. The Morgan fingerprint density at radius 3 is 2.48 bits per heavy atom. The first-order chi connectivity index (χ1) is 15.0. The smallest absolute Gasteiger partial charge is 0.326 e. The van der Waals surface area contributed by atoms with E-state index in [2.05, 4.69) is 6.07 Å². The Morgan fingerprint density at radius 1 is 1.00 bits per heavy atom. The first kappa shape index (κ1) is 20.6. The standard InChI is InChI=1S/C25H19ClN2O3/c26-21-11-4-3-10-20(21)22-12-13-23(25(30)31)28(22)24(29)19-9-2-1-8-18(19)17-7-5-6-16(14-17)15-27/h1-11,14,22-23H,12-13H2,(H,30,31)/t22-,23+/m1/s1. The van der Waals surface area contributed by atoms with Crippen LogP contribution in [0.3, 0.4) is 0 Å². The van der Waals surface area contributed by atoms with Crippen molar-refractivity contribution >= 4 is 23.5 Å². The number of aliphatic carboxylic acids is 1. The second kappa shape index (κ2) is 8.63. The van der Waals surface area contributed by atoms with Crippen LogP contribution in [-0.2, 0) is 4.79 Å². The molecule has 1 aliphatic heterocycles. The minimum Gasteiger partial charge on any atom is -0.480 e. The summed E-state index contributed by atoms with van der Waals surface area (Å²) in [5.74, 6) is -1.40. The van der Waals surface area contributed by atoms with Crippen LogP contribution in [0.5, 0.6) is 0 Å². The van der Waals surface area contributed by atoms with E-state index in [-0.39, 0.29) is 5.91 Å². The average molecular weight is 431 g/mol. The van der Waals surface area contributed by atoms with Gasteiger partial charge in [0, 0.05) is 10.6 Å². The number of amides is 1. The summed E-state index contributed by atoms with van der Waals surface area (Å²) < 4.78 is 0. The highest BCUT2D eigenvalue weighted by Crippen LogP contribution is 2.41. The van der Waals surface area contributed by atoms with Gasteiger partial charge in [-0.25, -0.2) is 4.79 Å². The van der Waals surface area contributed by atoms with Crippen LogP contribution in [0.4, 0.5) is 0 Å². The normalized spacial score (nSPS) is 17.9. The summed E-state index contributed by atoms with van der Waals surface area (Å²) >= 11 is 6.39. The lowest BCUT2D eigenvalue weighted by molar-refractivity contribution is -0.141. The summed E-state index contributed by atoms with van der Waals surface area (Å²) in [6.07, 6.45) is 0.863. The second-order valence-electron chi connectivity index (χ2n) is 7.42. The van der Waals surface area contributed by atoms with Crippen LogP contribution in [0.15, 0.2) is 72.8 Å². The molecule has 1 fully saturated rings.